The number of benzene rings is 1. The number of carbonyl (C=O) groups excluding carboxylic acids is 2. The first-order chi connectivity index (χ1) is 10.9. The van der Waals surface area contributed by atoms with Gasteiger partial charge in [-0.15, -0.1) is 0 Å². The average molecular weight is 316 g/mol. The van der Waals surface area contributed by atoms with Crippen LogP contribution in [0.4, 0.5) is 0 Å². The van der Waals surface area contributed by atoms with Crippen molar-refractivity contribution < 1.29 is 18.7 Å². The molecule has 1 aromatic heterocycles. The van der Waals surface area contributed by atoms with Gasteiger partial charge in [0.1, 0.15) is 5.58 Å². The van der Waals surface area contributed by atoms with E-state index in [9.17, 15) is 9.59 Å². The van der Waals surface area contributed by atoms with Crippen LogP contribution in [0.3, 0.4) is 0 Å². The van der Waals surface area contributed by atoms with Crippen molar-refractivity contribution in [3.8, 4) is 0 Å². The first-order valence-electron chi connectivity index (χ1n) is 7.57. The maximum Gasteiger partial charge on any atom is 0.251 e. The van der Waals surface area contributed by atoms with Crippen molar-refractivity contribution in [1.29, 1.82) is 0 Å². The molecule has 6 heteroatoms. The zero-order chi connectivity index (χ0) is 16.6. The number of nitrogens with two attached hydrogens (primary N) is 1. The lowest BCUT2D eigenvalue weighted by molar-refractivity contribution is -0.160. The molecule has 1 aliphatic heterocycles. The van der Waals surface area contributed by atoms with E-state index in [1.165, 1.54) is 0 Å². The number of nitrogens with zero attached hydrogens (tertiary/aromatic N) is 1. The summed E-state index contributed by atoms with van der Waals surface area (Å²) in [5.41, 5.74) is 6.98. The Kier molecular flexibility index (Phi) is 3.85. The maximum atomic E-state index is 12.6. The highest BCUT2D eigenvalue weighted by molar-refractivity contribution is 5.89. The molecule has 23 heavy (non-hydrogen) atoms. The Labute approximate surface area is 134 Å². The van der Waals surface area contributed by atoms with Crippen molar-refractivity contribution in [1.82, 2.24) is 4.90 Å². The fourth-order valence-electron chi connectivity index (χ4n) is 2.83. The second-order valence-corrected chi connectivity index (χ2v) is 6.20. The van der Waals surface area contributed by atoms with Crippen LogP contribution >= 0.6 is 0 Å². The van der Waals surface area contributed by atoms with Crippen LogP contribution in [0.15, 0.2) is 28.9 Å². The second-order valence-electron chi connectivity index (χ2n) is 6.20. The Hall–Kier alpha value is -2.34. The van der Waals surface area contributed by atoms with Gasteiger partial charge in [-0.2, -0.15) is 0 Å². The van der Waals surface area contributed by atoms with E-state index in [1.54, 1.807) is 18.1 Å². The first-order valence-corrected chi connectivity index (χ1v) is 7.57. The molecule has 1 fully saturated rings. The number of hydrogen-bond donors (Lipinski definition) is 1. The lowest BCUT2D eigenvalue weighted by atomic mass is 10.0. The minimum Gasteiger partial charge on any atom is -0.464 e. The van der Waals surface area contributed by atoms with Gasteiger partial charge in [0.25, 0.3) is 5.91 Å². The highest BCUT2D eigenvalue weighted by Crippen LogP contribution is 2.24. The van der Waals surface area contributed by atoms with E-state index in [0.29, 0.717) is 13.2 Å². The Morgan fingerprint density at radius 2 is 2.17 bits per heavy atom. The van der Waals surface area contributed by atoms with E-state index in [4.69, 9.17) is 14.9 Å². The molecule has 0 aliphatic carbocycles. The number of morpholine rings is 1. The lowest BCUT2D eigenvalue weighted by Gasteiger charge is -2.38. The molecule has 1 aromatic carbocycles. The minimum atomic E-state index is -1.12. The van der Waals surface area contributed by atoms with Crippen LogP contribution < -0.4 is 5.73 Å². The standard InChI is InChI=1S/C17H20N2O4/c1-11-3-4-13-12(9-22-14(13)7-11)8-15(20)19-5-6-23-17(2,10-19)16(18)21/h3-4,7,9H,5-6,8,10H2,1-2H3,(H2,18,21)/t17-/m1/s1. The van der Waals surface area contributed by atoms with E-state index in [1.807, 2.05) is 25.1 Å². The van der Waals surface area contributed by atoms with Gasteiger partial charge in [-0.25, -0.2) is 0 Å². The number of fused-ring (bicyclic) bond motifs is 1. The molecule has 1 saturated heterocycles. The molecular formula is C17H20N2O4. The summed E-state index contributed by atoms with van der Waals surface area (Å²) in [6.07, 6.45) is 1.85. The summed E-state index contributed by atoms with van der Waals surface area (Å²) in [6, 6.07) is 5.90. The predicted octanol–water partition coefficient (Wildman–Crippen LogP) is 1.39. The molecule has 122 valence electrons. The van der Waals surface area contributed by atoms with E-state index < -0.39 is 11.5 Å². The molecular weight excluding hydrogens is 296 g/mol. The maximum absolute atomic E-state index is 12.6. The van der Waals surface area contributed by atoms with Gasteiger partial charge in [0, 0.05) is 17.5 Å². The van der Waals surface area contributed by atoms with Gasteiger partial charge in [0.05, 0.1) is 25.8 Å². The van der Waals surface area contributed by atoms with Crippen LogP contribution in [0.1, 0.15) is 18.1 Å². The molecule has 0 spiro atoms. The second kappa shape index (κ2) is 5.70. The summed E-state index contributed by atoms with van der Waals surface area (Å²) in [6.45, 7) is 4.54. The third-order valence-corrected chi connectivity index (χ3v) is 4.30. The highest BCUT2D eigenvalue weighted by Gasteiger charge is 2.39. The third kappa shape index (κ3) is 2.94. The first kappa shape index (κ1) is 15.6. The number of amides is 2. The van der Waals surface area contributed by atoms with Crippen LogP contribution in [-0.2, 0) is 20.7 Å². The van der Waals surface area contributed by atoms with E-state index in [0.717, 1.165) is 22.1 Å². The van der Waals surface area contributed by atoms with Gasteiger partial charge in [-0.1, -0.05) is 12.1 Å². The molecule has 3 rings (SSSR count). The van der Waals surface area contributed by atoms with E-state index in [2.05, 4.69) is 0 Å². The molecule has 0 saturated carbocycles. The van der Waals surface area contributed by atoms with Gasteiger partial charge in [0.15, 0.2) is 5.60 Å². The molecule has 1 aliphatic rings. The van der Waals surface area contributed by atoms with Gasteiger partial charge in [-0.3, -0.25) is 9.59 Å². The van der Waals surface area contributed by atoms with Gasteiger partial charge in [-0.05, 0) is 25.5 Å². The average Bonchev–Trinajstić information content (AvgIpc) is 2.89. The molecule has 0 bridgehead atoms. The molecule has 0 unspecified atom stereocenters. The Morgan fingerprint density at radius 3 is 2.91 bits per heavy atom. The Morgan fingerprint density at radius 1 is 1.39 bits per heavy atom. The quantitative estimate of drug-likeness (QED) is 0.927. The summed E-state index contributed by atoms with van der Waals surface area (Å²) in [5.74, 6) is -0.622. The van der Waals surface area contributed by atoms with Crippen LogP contribution in [-0.4, -0.2) is 42.0 Å². The molecule has 2 heterocycles. The van der Waals surface area contributed by atoms with Crippen molar-refractivity contribution in [3.05, 3.63) is 35.6 Å². The molecule has 1 atom stereocenters. The van der Waals surface area contributed by atoms with Crippen LogP contribution in [0.25, 0.3) is 11.0 Å². The fraction of sp³-hybridized carbons (Fsp3) is 0.412. The van der Waals surface area contributed by atoms with Crippen molar-refractivity contribution in [2.45, 2.75) is 25.9 Å². The number of rotatable bonds is 3. The number of primary amides is 1. The third-order valence-electron chi connectivity index (χ3n) is 4.30. The number of hydrogen-bond acceptors (Lipinski definition) is 4. The van der Waals surface area contributed by atoms with Gasteiger partial charge in [0.2, 0.25) is 5.91 Å². The Balaban J connectivity index is 1.77. The van der Waals surface area contributed by atoms with Crippen molar-refractivity contribution >= 4 is 22.8 Å². The summed E-state index contributed by atoms with van der Waals surface area (Å²) in [7, 11) is 0. The molecule has 2 aromatic rings. The predicted molar refractivity (Wildman–Crippen MR) is 84.8 cm³/mol. The number of furan rings is 1. The number of ether oxygens (including phenoxy) is 1. The molecule has 2 N–H and O–H groups in total. The summed E-state index contributed by atoms with van der Waals surface area (Å²) >= 11 is 0. The van der Waals surface area contributed by atoms with E-state index >= 15 is 0 Å². The number of carbonyl (C=O) groups is 2. The minimum absolute atomic E-state index is 0.0657. The molecule has 0 radical (unpaired) electrons. The summed E-state index contributed by atoms with van der Waals surface area (Å²) in [5, 5.41) is 0.940. The highest BCUT2D eigenvalue weighted by atomic mass is 16.5. The van der Waals surface area contributed by atoms with E-state index in [-0.39, 0.29) is 18.9 Å². The summed E-state index contributed by atoms with van der Waals surface area (Å²) < 4.78 is 11.0. The van der Waals surface area contributed by atoms with Crippen molar-refractivity contribution in [2.24, 2.45) is 5.73 Å². The smallest absolute Gasteiger partial charge is 0.251 e. The summed E-state index contributed by atoms with van der Waals surface area (Å²) in [4.78, 5) is 25.7. The Bertz CT molecular complexity index is 767. The fourth-order valence-corrected chi connectivity index (χ4v) is 2.83. The zero-order valence-electron chi connectivity index (χ0n) is 13.3. The zero-order valence-corrected chi connectivity index (χ0v) is 13.3. The van der Waals surface area contributed by atoms with Crippen LogP contribution in [0, 0.1) is 6.92 Å². The monoisotopic (exact) mass is 316 g/mol. The largest absolute Gasteiger partial charge is 0.464 e. The van der Waals surface area contributed by atoms with Gasteiger partial charge < -0.3 is 19.8 Å². The number of aryl methyl sites for hydroxylation is 1. The molecule has 6 nitrogen and oxygen atoms in total. The molecule has 2 amide bonds. The SMILES string of the molecule is Cc1ccc2c(CC(=O)N3CCO[C@@](C)(C(N)=O)C3)coc2c1. The van der Waals surface area contributed by atoms with Crippen molar-refractivity contribution in [2.75, 3.05) is 19.7 Å². The van der Waals surface area contributed by atoms with Crippen LogP contribution in [0.5, 0.6) is 0 Å². The van der Waals surface area contributed by atoms with Gasteiger partial charge >= 0.3 is 0 Å². The van der Waals surface area contributed by atoms with Crippen LogP contribution in [0.2, 0.25) is 0 Å². The topological polar surface area (TPSA) is 85.8 Å². The van der Waals surface area contributed by atoms with Crippen molar-refractivity contribution in [3.63, 3.8) is 0 Å². The normalized spacial score (nSPS) is 21.6. The lowest BCUT2D eigenvalue weighted by Crippen LogP contribution is -2.58.